The number of hydrogen-bond acceptors (Lipinski definition) is 4. The topological polar surface area (TPSA) is 78.5 Å². The van der Waals surface area contributed by atoms with Gasteiger partial charge in [0.2, 0.25) is 15.9 Å². The van der Waals surface area contributed by atoms with E-state index < -0.39 is 10.0 Å². The Morgan fingerprint density at radius 3 is 2.33 bits per heavy atom. The molecule has 0 aliphatic carbocycles. The van der Waals surface area contributed by atoms with E-state index in [9.17, 15) is 13.2 Å². The second-order valence-corrected chi connectivity index (χ2v) is 9.15. The number of benzene rings is 1. The molecule has 2 N–H and O–H groups in total. The Hall–Kier alpha value is -1.51. The van der Waals surface area contributed by atoms with E-state index in [1.165, 1.54) is 17.1 Å². The minimum absolute atomic E-state index is 0.0998. The summed E-state index contributed by atoms with van der Waals surface area (Å²) in [4.78, 5) is 12.2. The lowest BCUT2D eigenvalue weighted by Crippen LogP contribution is -2.33. The Kier molecular flexibility index (Phi) is 8.66. The fourth-order valence-electron chi connectivity index (χ4n) is 3.03. The van der Waals surface area contributed by atoms with Gasteiger partial charge in [-0.2, -0.15) is 4.31 Å². The van der Waals surface area contributed by atoms with Crippen molar-refractivity contribution in [1.82, 2.24) is 9.62 Å². The maximum Gasteiger partial charge on any atom is 0.243 e. The van der Waals surface area contributed by atoms with E-state index in [1.807, 2.05) is 0 Å². The van der Waals surface area contributed by atoms with Gasteiger partial charge in [-0.25, -0.2) is 8.42 Å². The molecular formula is C19H29N3O3S2. The van der Waals surface area contributed by atoms with Crippen LogP contribution >= 0.6 is 12.2 Å². The molecule has 0 unspecified atom stereocenters. The largest absolute Gasteiger partial charge is 0.332 e. The third-order valence-corrected chi connectivity index (χ3v) is 6.69. The number of rotatable bonds is 9. The van der Waals surface area contributed by atoms with Gasteiger partial charge in [-0.3, -0.25) is 4.79 Å². The summed E-state index contributed by atoms with van der Waals surface area (Å²) in [6.07, 6.45) is 7.71. The van der Waals surface area contributed by atoms with Crippen molar-refractivity contribution >= 4 is 38.9 Å². The van der Waals surface area contributed by atoms with E-state index in [2.05, 4.69) is 17.6 Å². The number of thiocarbonyl (C=S) groups is 1. The van der Waals surface area contributed by atoms with Gasteiger partial charge in [-0.05, 0) is 55.7 Å². The summed E-state index contributed by atoms with van der Waals surface area (Å²) < 4.78 is 26.5. The van der Waals surface area contributed by atoms with Gasteiger partial charge < -0.3 is 10.6 Å². The number of nitrogens with one attached hydrogen (secondary N) is 2. The molecule has 0 spiro atoms. The zero-order valence-corrected chi connectivity index (χ0v) is 17.5. The van der Waals surface area contributed by atoms with E-state index in [0.29, 0.717) is 25.2 Å². The summed E-state index contributed by atoms with van der Waals surface area (Å²) >= 11 is 5.16. The fourth-order valence-corrected chi connectivity index (χ4v) is 4.78. The highest BCUT2D eigenvalue weighted by Gasteiger charge is 2.26. The molecular weight excluding hydrogens is 382 g/mol. The molecule has 150 valence electrons. The van der Waals surface area contributed by atoms with Gasteiger partial charge in [0.25, 0.3) is 0 Å². The smallest absolute Gasteiger partial charge is 0.243 e. The number of unbranched alkanes of at least 4 members (excludes halogenated alkanes) is 4. The van der Waals surface area contributed by atoms with E-state index in [4.69, 9.17) is 12.2 Å². The molecule has 1 saturated heterocycles. The Labute approximate surface area is 167 Å². The van der Waals surface area contributed by atoms with E-state index in [-0.39, 0.29) is 15.9 Å². The van der Waals surface area contributed by atoms with Crippen LogP contribution in [0.4, 0.5) is 5.69 Å². The SMILES string of the molecule is CCCCCCCC(=O)NC(=S)Nc1ccc(S(=O)(=O)N2CCCC2)cc1. The molecule has 0 radical (unpaired) electrons. The summed E-state index contributed by atoms with van der Waals surface area (Å²) in [7, 11) is -3.42. The van der Waals surface area contributed by atoms with Crippen LogP contribution in [0.25, 0.3) is 0 Å². The number of amides is 1. The number of sulfonamides is 1. The second-order valence-electron chi connectivity index (χ2n) is 6.80. The van der Waals surface area contributed by atoms with Crippen LogP contribution in [0.5, 0.6) is 0 Å². The van der Waals surface area contributed by atoms with Crippen molar-refractivity contribution in [3.8, 4) is 0 Å². The van der Waals surface area contributed by atoms with Crippen LogP contribution in [-0.2, 0) is 14.8 Å². The monoisotopic (exact) mass is 411 g/mol. The molecule has 0 saturated carbocycles. The van der Waals surface area contributed by atoms with Crippen LogP contribution in [0.15, 0.2) is 29.2 Å². The third kappa shape index (κ3) is 6.86. The van der Waals surface area contributed by atoms with E-state index >= 15 is 0 Å². The van der Waals surface area contributed by atoms with Crippen molar-refractivity contribution in [2.75, 3.05) is 18.4 Å². The summed E-state index contributed by atoms with van der Waals surface area (Å²) in [5.74, 6) is -0.0998. The maximum atomic E-state index is 12.5. The van der Waals surface area contributed by atoms with Crippen LogP contribution in [0.1, 0.15) is 58.3 Å². The van der Waals surface area contributed by atoms with Gasteiger partial charge in [0, 0.05) is 25.2 Å². The van der Waals surface area contributed by atoms with E-state index in [1.54, 1.807) is 24.3 Å². The lowest BCUT2D eigenvalue weighted by Gasteiger charge is -2.16. The number of hydrogen-bond donors (Lipinski definition) is 2. The van der Waals surface area contributed by atoms with Crippen LogP contribution < -0.4 is 10.6 Å². The standard InChI is InChI=1S/C19H29N3O3S2/c1-2-3-4-5-6-9-18(23)21-19(26)20-16-10-12-17(13-11-16)27(24,25)22-14-7-8-15-22/h10-13H,2-9,14-15H2,1H3,(H2,20,21,23,26). The normalized spacial score (nSPS) is 14.9. The summed E-state index contributed by atoms with van der Waals surface area (Å²) in [5, 5.41) is 5.81. The van der Waals surface area contributed by atoms with Crippen molar-refractivity contribution in [3.05, 3.63) is 24.3 Å². The van der Waals surface area contributed by atoms with Crippen molar-refractivity contribution in [3.63, 3.8) is 0 Å². The maximum absolute atomic E-state index is 12.5. The molecule has 1 fully saturated rings. The molecule has 6 nitrogen and oxygen atoms in total. The Morgan fingerprint density at radius 2 is 1.70 bits per heavy atom. The predicted octanol–water partition coefficient (Wildman–Crippen LogP) is 3.64. The minimum Gasteiger partial charge on any atom is -0.332 e. The molecule has 1 amide bonds. The van der Waals surface area contributed by atoms with Crippen LogP contribution in [0, 0.1) is 0 Å². The molecule has 1 aromatic carbocycles. The zero-order valence-electron chi connectivity index (χ0n) is 15.9. The molecule has 1 aromatic rings. The Morgan fingerprint density at radius 1 is 1.07 bits per heavy atom. The predicted molar refractivity (Wildman–Crippen MR) is 112 cm³/mol. The molecule has 27 heavy (non-hydrogen) atoms. The number of carbonyl (C=O) groups excluding carboxylic acids is 1. The van der Waals surface area contributed by atoms with Crippen LogP contribution in [0.3, 0.4) is 0 Å². The molecule has 0 atom stereocenters. The van der Waals surface area contributed by atoms with Crippen LogP contribution in [0.2, 0.25) is 0 Å². The lowest BCUT2D eigenvalue weighted by molar-refractivity contribution is -0.119. The van der Waals surface area contributed by atoms with Gasteiger partial charge >= 0.3 is 0 Å². The highest BCUT2D eigenvalue weighted by molar-refractivity contribution is 7.89. The zero-order chi connectivity index (χ0) is 19.7. The van der Waals surface area contributed by atoms with Crippen LogP contribution in [-0.4, -0.2) is 36.8 Å². The van der Waals surface area contributed by atoms with E-state index in [0.717, 1.165) is 32.1 Å². The highest BCUT2D eigenvalue weighted by atomic mass is 32.2. The average Bonchev–Trinajstić information content (AvgIpc) is 3.17. The van der Waals surface area contributed by atoms with Crippen molar-refractivity contribution in [2.24, 2.45) is 0 Å². The first-order valence-corrected chi connectivity index (χ1v) is 11.5. The van der Waals surface area contributed by atoms with Crippen molar-refractivity contribution in [2.45, 2.75) is 63.2 Å². The van der Waals surface area contributed by atoms with Gasteiger partial charge in [0.1, 0.15) is 0 Å². The first-order chi connectivity index (χ1) is 12.9. The Balaban J connectivity index is 1.80. The fraction of sp³-hybridized carbons (Fsp3) is 0.579. The molecule has 1 aliphatic heterocycles. The quantitative estimate of drug-likeness (QED) is 0.479. The van der Waals surface area contributed by atoms with Gasteiger partial charge in [-0.15, -0.1) is 0 Å². The number of carbonyl (C=O) groups is 1. The van der Waals surface area contributed by atoms with Gasteiger partial charge in [0.15, 0.2) is 5.11 Å². The van der Waals surface area contributed by atoms with Gasteiger partial charge in [-0.1, -0.05) is 32.6 Å². The third-order valence-electron chi connectivity index (χ3n) is 4.58. The van der Waals surface area contributed by atoms with Crippen molar-refractivity contribution < 1.29 is 13.2 Å². The number of nitrogens with zero attached hydrogens (tertiary/aromatic N) is 1. The summed E-state index contributed by atoms with van der Waals surface area (Å²) in [6, 6.07) is 6.45. The second kappa shape index (κ2) is 10.7. The molecule has 1 heterocycles. The molecule has 0 bridgehead atoms. The molecule has 1 aliphatic rings. The summed E-state index contributed by atoms with van der Waals surface area (Å²) in [6.45, 7) is 3.32. The Bertz CT molecular complexity index is 727. The molecule has 0 aromatic heterocycles. The first kappa shape index (κ1) is 21.8. The average molecular weight is 412 g/mol. The summed E-state index contributed by atoms with van der Waals surface area (Å²) in [5.41, 5.74) is 0.642. The molecule has 2 rings (SSSR count). The first-order valence-electron chi connectivity index (χ1n) is 9.64. The molecule has 8 heteroatoms. The van der Waals surface area contributed by atoms with Gasteiger partial charge in [0.05, 0.1) is 4.90 Å². The minimum atomic E-state index is -3.42. The van der Waals surface area contributed by atoms with Crippen molar-refractivity contribution in [1.29, 1.82) is 0 Å². The number of anilines is 1. The highest BCUT2D eigenvalue weighted by Crippen LogP contribution is 2.22. The lowest BCUT2D eigenvalue weighted by atomic mass is 10.1.